The van der Waals surface area contributed by atoms with Crippen LogP contribution in [0.4, 0.5) is 0 Å². The molecule has 1 aromatic carbocycles. The van der Waals surface area contributed by atoms with Gasteiger partial charge in [0.15, 0.2) is 6.61 Å². The third kappa shape index (κ3) is 3.36. The average molecular weight is 260 g/mol. The van der Waals surface area contributed by atoms with Crippen LogP contribution in [0.1, 0.15) is 5.56 Å². The standard InChI is InChI=1S/C10H10ClNO3S/c1-14-9(13)5-15-8-4-6(11)2-3-7(8)10(12)16/h2-4H,5H2,1H3,(H2,12,16). The van der Waals surface area contributed by atoms with Crippen molar-refractivity contribution in [2.45, 2.75) is 0 Å². The quantitative estimate of drug-likeness (QED) is 0.656. The first-order chi connectivity index (χ1) is 7.54. The number of benzene rings is 1. The maximum absolute atomic E-state index is 10.9. The van der Waals surface area contributed by atoms with Crippen molar-refractivity contribution in [1.82, 2.24) is 0 Å². The van der Waals surface area contributed by atoms with Gasteiger partial charge in [-0.05, 0) is 18.2 Å². The summed E-state index contributed by atoms with van der Waals surface area (Å²) in [4.78, 5) is 11.1. The third-order valence-electron chi connectivity index (χ3n) is 1.78. The van der Waals surface area contributed by atoms with Crippen molar-refractivity contribution >= 4 is 34.8 Å². The van der Waals surface area contributed by atoms with Gasteiger partial charge in [0.05, 0.1) is 12.7 Å². The van der Waals surface area contributed by atoms with Gasteiger partial charge in [0.25, 0.3) is 0 Å². The number of halogens is 1. The number of hydrogen-bond acceptors (Lipinski definition) is 4. The van der Waals surface area contributed by atoms with E-state index in [1.807, 2.05) is 0 Å². The van der Waals surface area contributed by atoms with Crippen molar-refractivity contribution in [1.29, 1.82) is 0 Å². The summed E-state index contributed by atoms with van der Waals surface area (Å²) in [6.07, 6.45) is 0. The molecule has 16 heavy (non-hydrogen) atoms. The highest BCUT2D eigenvalue weighted by Crippen LogP contribution is 2.23. The zero-order valence-electron chi connectivity index (χ0n) is 8.53. The van der Waals surface area contributed by atoms with Gasteiger partial charge in [-0.2, -0.15) is 0 Å². The number of hydrogen-bond donors (Lipinski definition) is 1. The first-order valence-corrected chi connectivity index (χ1v) is 5.12. The Morgan fingerprint density at radius 3 is 2.81 bits per heavy atom. The lowest BCUT2D eigenvalue weighted by Gasteiger charge is -2.09. The molecule has 0 aliphatic heterocycles. The highest BCUT2D eigenvalue weighted by atomic mass is 35.5. The van der Waals surface area contributed by atoms with Gasteiger partial charge in [-0.3, -0.25) is 0 Å². The first-order valence-electron chi connectivity index (χ1n) is 4.33. The van der Waals surface area contributed by atoms with Crippen LogP contribution in [0.5, 0.6) is 5.75 Å². The molecule has 0 amide bonds. The molecule has 6 heteroatoms. The monoisotopic (exact) mass is 259 g/mol. The Balaban J connectivity index is 2.88. The summed E-state index contributed by atoms with van der Waals surface area (Å²) in [5.41, 5.74) is 6.03. The number of methoxy groups -OCH3 is 1. The lowest BCUT2D eigenvalue weighted by atomic mass is 10.2. The largest absolute Gasteiger partial charge is 0.481 e. The van der Waals surface area contributed by atoms with Gasteiger partial charge in [-0.25, -0.2) is 4.79 Å². The Hall–Kier alpha value is -1.33. The van der Waals surface area contributed by atoms with E-state index in [0.29, 0.717) is 16.3 Å². The number of ether oxygens (including phenoxy) is 2. The molecule has 0 spiro atoms. The number of thiocarbonyl (C=S) groups is 1. The van der Waals surface area contributed by atoms with E-state index >= 15 is 0 Å². The number of rotatable bonds is 4. The zero-order valence-corrected chi connectivity index (χ0v) is 10.1. The summed E-state index contributed by atoms with van der Waals surface area (Å²) < 4.78 is 9.65. The van der Waals surface area contributed by atoms with E-state index in [9.17, 15) is 4.79 Å². The van der Waals surface area contributed by atoms with Crippen molar-refractivity contribution in [3.8, 4) is 5.75 Å². The van der Waals surface area contributed by atoms with Crippen LogP contribution in [0.3, 0.4) is 0 Å². The molecule has 0 aliphatic rings. The van der Waals surface area contributed by atoms with E-state index in [4.69, 9.17) is 34.3 Å². The minimum absolute atomic E-state index is 0.177. The van der Waals surface area contributed by atoms with E-state index < -0.39 is 5.97 Å². The van der Waals surface area contributed by atoms with E-state index in [1.54, 1.807) is 18.2 Å². The van der Waals surface area contributed by atoms with Gasteiger partial charge < -0.3 is 15.2 Å². The Morgan fingerprint density at radius 2 is 2.25 bits per heavy atom. The number of carbonyl (C=O) groups is 1. The van der Waals surface area contributed by atoms with Crippen LogP contribution in [0.25, 0.3) is 0 Å². The van der Waals surface area contributed by atoms with Crippen LogP contribution in [-0.4, -0.2) is 24.7 Å². The average Bonchev–Trinajstić information content (AvgIpc) is 2.25. The molecular weight excluding hydrogens is 250 g/mol. The lowest BCUT2D eigenvalue weighted by Crippen LogP contribution is -2.16. The fourth-order valence-electron chi connectivity index (χ4n) is 1.01. The molecule has 0 saturated heterocycles. The molecule has 0 bridgehead atoms. The summed E-state index contributed by atoms with van der Waals surface area (Å²) in [6.45, 7) is -0.216. The SMILES string of the molecule is COC(=O)COc1cc(Cl)ccc1C(N)=S. The van der Waals surface area contributed by atoms with Crippen molar-refractivity contribution in [3.63, 3.8) is 0 Å². The Labute approximate surface area is 103 Å². The normalized spacial score (nSPS) is 9.62. The molecule has 86 valence electrons. The summed E-state index contributed by atoms with van der Waals surface area (Å²) >= 11 is 10.6. The van der Waals surface area contributed by atoms with Crippen molar-refractivity contribution in [2.75, 3.05) is 13.7 Å². The van der Waals surface area contributed by atoms with Crippen LogP contribution in [0.15, 0.2) is 18.2 Å². The first kappa shape index (κ1) is 12.7. The smallest absolute Gasteiger partial charge is 0.343 e. The fraction of sp³-hybridized carbons (Fsp3) is 0.200. The van der Waals surface area contributed by atoms with E-state index in [1.165, 1.54) is 7.11 Å². The van der Waals surface area contributed by atoms with Gasteiger partial charge >= 0.3 is 5.97 Å². The molecule has 0 aromatic heterocycles. The van der Waals surface area contributed by atoms with E-state index in [2.05, 4.69) is 4.74 Å². The molecular formula is C10H10ClNO3S. The predicted octanol–water partition coefficient (Wildman–Crippen LogP) is 1.53. The van der Waals surface area contributed by atoms with Gasteiger partial charge in [0.1, 0.15) is 10.7 Å². The highest BCUT2D eigenvalue weighted by molar-refractivity contribution is 7.80. The van der Waals surface area contributed by atoms with Crippen LogP contribution in [0, 0.1) is 0 Å². The van der Waals surface area contributed by atoms with Gasteiger partial charge in [-0.1, -0.05) is 23.8 Å². The second-order valence-electron chi connectivity index (χ2n) is 2.87. The van der Waals surface area contributed by atoms with Gasteiger partial charge in [0.2, 0.25) is 0 Å². The number of carbonyl (C=O) groups excluding carboxylic acids is 1. The molecule has 1 rings (SSSR count). The summed E-state index contributed by atoms with van der Waals surface area (Å²) in [6, 6.07) is 4.82. The van der Waals surface area contributed by atoms with E-state index in [-0.39, 0.29) is 11.6 Å². The molecule has 0 unspecified atom stereocenters. The van der Waals surface area contributed by atoms with Crippen molar-refractivity contribution in [2.24, 2.45) is 5.73 Å². The number of nitrogens with two attached hydrogens (primary N) is 1. The molecule has 2 N–H and O–H groups in total. The van der Waals surface area contributed by atoms with Gasteiger partial charge in [0, 0.05) is 5.02 Å². The van der Waals surface area contributed by atoms with Gasteiger partial charge in [-0.15, -0.1) is 0 Å². The zero-order chi connectivity index (χ0) is 12.1. The second-order valence-corrected chi connectivity index (χ2v) is 3.75. The van der Waals surface area contributed by atoms with Crippen LogP contribution < -0.4 is 10.5 Å². The minimum atomic E-state index is -0.492. The number of esters is 1. The van der Waals surface area contributed by atoms with Crippen molar-refractivity contribution < 1.29 is 14.3 Å². The summed E-state index contributed by atoms with van der Waals surface area (Å²) in [5.74, 6) is -0.126. The molecule has 1 aromatic rings. The maximum Gasteiger partial charge on any atom is 0.343 e. The topological polar surface area (TPSA) is 61.5 Å². The molecule has 0 atom stereocenters. The molecule has 4 nitrogen and oxygen atoms in total. The molecule has 0 saturated carbocycles. The summed E-state index contributed by atoms with van der Waals surface area (Å²) in [7, 11) is 1.28. The second kappa shape index (κ2) is 5.67. The fourth-order valence-corrected chi connectivity index (χ4v) is 1.35. The predicted molar refractivity (Wildman–Crippen MR) is 64.9 cm³/mol. The van der Waals surface area contributed by atoms with Crippen LogP contribution in [-0.2, 0) is 9.53 Å². The van der Waals surface area contributed by atoms with Crippen LogP contribution in [0.2, 0.25) is 5.02 Å². The molecule has 0 fully saturated rings. The molecule has 0 heterocycles. The Bertz CT molecular complexity index is 423. The maximum atomic E-state index is 10.9. The van der Waals surface area contributed by atoms with Crippen LogP contribution >= 0.6 is 23.8 Å². The summed E-state index contributed by atoms with van der Waals surface area (Å²) in [5, 5.41) is 0.472. The molecule has 0 aliphatic carbocycles. The highest BCUT2D eigenvalue weighted by Gasteiger charge is 2.09. The Morgan fingerprint density at radius 1 is 1.56 bits per heavy atom. The third-order valence-corrected chi connectivity index (χ3v) is 2.24. The van der Waals surface area contributed by atoms with E-state index in [0.717, 1.165) is 0 Å². The molecule has 0 radical (unpaired) electrons. The minimum Gasteiger partial charge on any atom is -0.481 e. The Kier molecular flexibility index (Phi) is 4.52. The van der Waals surface area contributed by atoms with Crippen molar-refractivity contribution in [3.05, 3.63) is 28.8 Å². The lowest BCUT2D eigenvalue weighted by molar-refractivity contribution is -0.142.